The summed E-state index contributed by atoms with van der Waals surface area (Å²) in [6.07, 6.45) is 2.94. The van der Waals surface area contributed by atoms with E-state index in [2.05, 4.69) is 62.2 Å². The molecule has 46 heavy (non-hydrogen) atoms. The van der Waals surface area contributed by atoms with Crippen molar-refractivity contribution in [3.05, 3.63) is 80.0 Å². The minimum Gasteiger partial charge on any atom is -0.466 e. The zero-order chi connectivity index (χ0) is 33.3. The van der Waals surface area contributed by atoms with Crippen LogP contribution in [0.15, 0.2) is 35.5 Å². The number of nitrogens with zero attached hydrogens (tertiary/aromatic N) is 1. The van der Waals surface area contributed by atoms with Crippen LogP contribution < -0.4 is 11.1 Å². The number of fused-ring (bicyclic) bond motifs is 4. The van der Waals surface area contributed by atoms with E-state index in [1.807, 2.05) is 13.7 Å². The Balaban J connectivity index is 0.000000298. The Morgan fingerprint density at radius 1 is 0.891 bits per heavy atom. The molecule has 10 heteroatoms. The maximum atomic E-state index is 12.0. The van der Waals surface area contributed by atoms with Crippen LogP contribution in [0.1, 0.15) is 89.7 Å². The standard InChI is InChI=1S/C18H24N2O2.C17H23NO3.CH2O.ClH/c1-4-22-18(21)15-10-20-6-5-13-7-11(2)12(3)8-14(13)17(20)9-16(15)19;1-4-21-17(20)10-14(19)9-16-15-8-12(3)11(2)7-13(15)5-6-18-16;1-2;/h7-8,17H,4-6,9-10,19H2,1-3H3;7-8,16,18H,4-6,9-10H2,1-3H3;1H2;1H. The molecule has 0 radical (unpaired) electrons. The molecular formula is C36H50ClN3O6. The molecule has 0 aliphatic carbocycles. The van der Waals surface area contributed by atoms with Crippen LogP contribution in [-0.4, -0.2) is 62.3 Å². The summed E-state index contributed by atoms with van der Waals surface area (Å²) in [5.74, 6) is -0.764. The molecule has 3 aliphatic rings. The second kappa shape index (κ2) is 18.0. The summed E-state index contributed by atoms with van der Waals surface area (Å²) in [4.78, 5) is 45.8. The third-order valence-corrected chi connectivity index (χ3v) is 8.90. The number of nitrogens with two attached hydrogens (primary N) is 1. The van der Waals surface area contributed by atoms with Gasteiger partial charge in [-0.2, -0.15) is 0 Å². The zero-order valence-corrected chi connectivity index (χ0v) is 28.9. The van der Waals surface area contributed by atoms with Gasteiger partial charge in [0.2, 0.25) is 0 Å². The molecule has 3 aliphatic heterocycles. The fourth-order valence-electron chi connectivity index (χ4n) is 6.31. The number of ketones is 1. The van der Waals surface area contributed by atoms with Gasteiger partial charge in [0.1, 0.15) is 19.0 Å². The molecule has 3 heterocycles. The quantitative estimate of drug-likeness (QED) is 0.312. The highest BCUT2D eigenvalue weighted by molar-refractivity contribution is 5.95. The van der Waals surface area contributed by atoms with E-state index in [4.69, 9.17) is 20.0 Å². The van der Waals surface area contributed by atoms with Gasteiger partial charge in [0, 0.05) is 43.7 Å². The Kier molecular flexibility index (Phi) is 15.1. The van der Waals surface area contributed by atoms with Gasteiger partial charge < -0.3 is 25.3 Å². The van der Waals surface area contributed by atoms with E-state index in [-0.39, 0.29) is 36.6 Å². The van der Waals surface area contributed by atoms with Crippen LogP contribution in [0, 0.1) is 27.7 Å². The van der Waals surface area contributed by atoms with Crippen molar-refractivity contribution < 1.29 is 28.7 Å². The number of ether oxygens (including phenoxy) is 2. The molecular weight excluding hydrogens is 606 g/mol. The van der Waals surface area contributed by atoms with Crippen LogP contribution in [0.4, 0.5) is 0 Å². The van der Waals surface area contributed by atoms with E-state index in [1.165, 1.54) is 44.5 Å². The second-order valence-corrected chi connectivity index (χ2v) is 11.9. The lowest BCUT2D eigenvalue weighted by Gasteiger charge is -2.41. The number of hydrogen-bond acceptors (Lipinski definition) is 9. The third-order valence-electron chi connectivity index (χ3n) is 8.90. The predicted molar refractivity (Wildman–Crippen MR) is 182 cm³/mol. The van der Waals surface area contributed by atoms with Gasteiger partial charge in [-0.05, 0) is 105 Å². The number of carbonyl (C=O) groups excluding carboxylic acids is 4. The fraction of sp³-hybridized carbons (Fsp3) is 0.500. The molecule has 5 rings (SSSR count). The number of halogens is 1. The molecule has 3 N–H and O–H groups in total. The van der Waals surface area contributed by atoms with Gasteiger partial charge in [-0.3, -0.25) is 14.5 Å². The number of esters is 2. The van der Waals surface area contributed by atoms with Crippen LogP contribution >= 0.6 is 12.4 Å². The Bertz CT molecular complexity index is 1440. The van der Waals surface area contributed by atoms with Gasteiger partial charge in [0.15, 0.2) is 0 Å². The molecule has 2 aromatic rings. The molecule has 252 valence electrons. The molecule has 0 amide bonds. The highest BCUT2D eigenvalue weighted by Crippen LogP contribution is 2.39. The van der Waals surface area contributed by atoms with Crippen molar-refractivity contribution >= 4 is 36.9 Å². The van der Waals surface area contributed by atoms with Gasteiger partial charge in [-0.25, -0.2) is 4.79 Å². The number of hydrogen-bond donors (Lipinski definition) is 2. The molecule has 0 bridgehead atoms. The van der Waals surface area contributed by atoms with Gasteiger partial charge in [-0.1, -0.05) is 24.3 Å². The number of benzene rings is 2. The first-order chi connectivity index (χ1) is 21.5. The lowest BCUT2D eigenvalue weighted by Crippen LogP contribution is -2.42. The van der Waals surface area contributed by atoms with Gasteiger partial charge in [0.25, 0.3) is 0 Å². The summed E-state index contributed by atoms with van der Waals surface area (Å²) >= 11 is 0. The first-order valence-corrected chi connectivity index (χ1v) is 15.8. The highest BCUT2D eigenvalue weighted by Gasteiger charge is 2.35. The molecule has 2 atom stereocenters. The summed E-state index contributed by atoms with van der Waals surface area (Å²) in [5.41, 5.74) is 18.0. The molecule has 0 saturated heterocycles. The van der Waals surface area contributed by atoms with E-state index in [9.17, 15) is 14.4 Å². The lowest BCUT2D eigenvalue weighted by atomic mass is 9.84. The summed E-state index contributed by atoms with van der Waals surface area (Å²) in [6, 6.07) is 9.29. The van der Waals surface area contributed by atoms with Crippen LogP contribution in [-0.2, 0) is 41.5 Å². The second-order valence-electron chi connectivity index (χ2n) is 11.9. The molecule has 2 aromatic carbocycles. The highest BCUT2D eigenvalue weighted by atomic mass is 35.5. The first-order valence-electron chi connectivity index (χ1n) is 15.8. The van der Waals surface area contributed by atoms with Crippen LogP contribution in [0.5, 0.6) is 0 Å². The number of Topliss-reactive ketones (excluding diaryl/α,β-unsaturated/α-hetero) is 1. The van der Waals surface area contributed by atoms with Crippen molar-refractivity contribution in [2.24, 2.45) is 5.73 Å². The van der Waals surface area contributed by atoms with Gasteiger partial charge in [-0.15, -0.1) is 12.4 Å². The van der Waals surface area contributed by atoms with E-state index >= 15 is 0 Å². The fourth-order valence-corrected chi connectivity index (χ4v) is 6.31. The molecule has 0 saturated carbocycles. The minimum atomic E-state index is -0.432. The molecule has 2 unspecified atom stereocenters. The number of aryl methyl sites for hydroxylation is 4. The molecule has 0 aromatic heterocycles. The Morgan fingerprint density at radius 2 is 1.46 bits per heavy atom. The smallest absolute Gasteiger partial charge is 0.337 e. The average Bonchev–Trinajstić information content (AvgIpc) is 3.00. The Labute approximate surface area is 279 Å². The molecule has 9 nitrogen and oxygen atoms in total. The van der Waals surface area contributed by atoms with E-state index in [0.29, 0.717) is 49.9 Å². The van der Waals surface area contributed by atoms with Crippen molar-refractivity contribution in [3.63, 3.8) is 0 Å². The third kappa shape index (κ3) is 9.50. The number of nitrogens with one attached hydrogen (secondary N) is 1. The van der Waals surface area contributed by atoms with Crippen LogP contribution in [0.25, 0.3) is 0 Å². The number of rotatable bonds is 7. The van der Waals surface area contributed by atoms with E-state index in [1.54, 1.807) is 6.92 Å². The lowest BCUT2D eigenvalue weighted by molar-refractivity contribution is -0.145. The maximum absolute atomic E-state index is 12.0. The van der Waals surface area contributed by atoms with Crippen molar-refractivity contribution in [1.82, 2.24) is 10.2 Å². The molecule has 0 spiro atoms. The van der Waals surface area contributed by atoms with Crippen LogP contribution in [0.2, 0.25) is 0 Å². The van der Waals surface area contributed by atoms with Gasteiger partial charge >= 0.3 is 11.9 Å². The summed E-state index contributed by atoms with van der Waals surface area (Å²) < 4.78 is 9.96. The topological polar surface area (TPSA) is 128 Å². The number of carbonyl (C=O) groups is 4. The van der Waals surface area contributed by atoms with Crippen molar-refractivity contribution in [1.29, 1.82) is 0 Å². The summed E-state index contributed by atoms with van der Waals surface area (Å²) in [7, 11) is 0. The first kappa shape index (κ1) is 38.7. The minimum absolute atomic E-state index is 0. The van der Waals surface area contributed by atoms with Crippen molar-refractivity contribution in [2.75, 3.05) is 32.8 Å². The Hall–Kier alpha value is -3.53. The van der Waals surface area contributed by atoms with E-state index in [0.717, 1.165) is 25.9 Å². The normalized spacial score (nSPS) is 18.1. The Morgan fingerprint density at radius 3 is 2.07 bits per heavy atom. The van der Waals surface area contributed by atoms with E-state index < -0.39 is 5.97 Å². The summed E-state index contributed by atoms with van der Waals surface area (Å²) in [5, 5.41) is 3.39. The average molecular weight is 656 g/mol. The van der Waals surface area contributed by atoms with Crippen LogP contribution in [0.3, 0.4) is 0 Å². The maximum Gasteiger partial charge on any atom is 0.337 e. The largest absolute Gasteiger partial charge is 0.466 e. The van der Waals surface area contributed by atoms with Crippen molar-refractivity contribution in [2.45, 2.75) is 85.7 Å². The van der Waals surface area contributed by atoms with Crippen molar-refractivity contribution in [3.8, 4) is 0 Å². The van der Waals surface area contributed by atoms with Gasteiger partial charge in [0.05, 0.1) is 18.8 Å². The predicted octanol–water partition coefficient (Wildman–Crippen LogP) is 5.02. The zero-order valence-electron chi connectivity index (χ0n) is 28.1. The monoisotopic (exact) mass is 655 g/mol. The SMILES string of the molecule is C=O.CCOC(=O)C1=C(N)CC2c3cc(C)c(C)cc3CCN2C1.CCOC(=O)CC(=O)CC1NCCc2cc(C)c(C)cc21.Cl. The molecule has 0 fully saturated rings. The summed E-state index contributed by atoms with van der Waals surface area (Å²) in [6.45, 7) is 17.2.